The van der Waals surface area contributed by atoms with Gasteiger partial charge in [0, 0.05) is 24.9 Å². The average molecular weight is 364 g/mol. The van der Waals surface area contributed by atoms with Crippen LogP contribution in [0.4, 0.5) is 17.6 Å². The van der Waals surface area contributed by atoms with E-state index in [4.69, 9.17) is 0 Å². The average Bonchev–Trinajstić information content (AvgIpc) is 2.38. The summed E-state index contributed by atoms with van der Waals surface area (Å²) in [6.45, 7) is 1.36. The first-order chi connectivity index (χ1) is 10.8. The lowest BCUT2D eigenvalue weighted by atomic mass is 10.1. The van der Waals surface area contributed by atoms with Crippen LogP contribution in [0.2, 0.25) is 0 Å². The Balaban J connectivity index is 2.79. The molecule has 0 saturated carbocycles. The zero-order chi connectivity index (χ0) is 18.4. The number of hydrogen-bond donors (Lipinski definition) is 0. The van der Waals surface area contributed by atoms with Gasteiger partial charge < -0.3 is 0 Å². The zero-order valence-electron chi connectivity index (χ0n) is 12.8. The molecule has 0 aliphatic carbocycles. The van der Waals surface area contributed by atoms with Crippen molar-refractivity contribution in [2.24, 2.45) is 7.05 Å². The van der Waals surface area contributed by atoms with E-state index in [-0.39, 0.29) is 10.5 Å². The third kappa shape index (κ3) is 3.32. The van der Waals surface area contributed by atoms with Crippen molar-refractivity contribution in [2.45, 2.75) is 18.0 Å². The third-order valence-corrected chi connectivity index (χ3v) is 4.55. The lowest BCUT2D eigenvalue weighted by Gasteiger charge is -2.13. The Morgan fingerprint density at radius 2 is 1.75 bits per heavy atom. The van der Waals surface area contributed by atoms with Gasteiger partial charge in [0.2, 0.25) is 5.43 Å². The van der Waals surface area contributed by atoms with Gasteiger partial charge in [-0.2, -0.15) is 18.3 Å². The minimum atomic E-state index is -4.80. The van der Waals surface area contributed by atoms with Crippen LogP contribution in [0.5, 0.6) is 0 Å². The van der Waals surface area contributed by atoms with Crippen LogP contribution in [0.3, 0.4) is 0 Å². The van der Waals surface area contributed by atoms with Gasteiger partial charge in [0.05, 0.1) is 4.90 Å². The normalized spacial score (nSPS) is 12.5. The maximum absolute atomic E-state index is 14.1. The van der Waals surface area contributed by atoms with Crippen molar-refractivity contribution in [2.75, 3.05) is 6.26 Å². The monoisotopic (exact) mass is 364 g/mol. The van der Waals surface area contributed by atoms with E-state index in [2.05, 4.69) is 5.10 Å². The van der Waals surface area contributed by atoms with Crippen molar-refractivity contribution in [3.8, 4) is 11.3 Å². The first kappa shape index (κ1) is 18.1. The highest BCUT2D eigenvalue weighted by molar-refractivity contribution is 7.90. The van der Waals surface area contributed by atoms with Crippen LogP contribution in [-0.2, 0) is 23.1 Å². The molecule has 2 aromatic rings. The molecule has 1 aromatic heterocycles. The Kier molecular flexibility index (Phi) is 4.29. The van der Waals surface area contributed by atoms with Crippen LogP contribution in [0.25, 0.3) is 11.3 Å². The van der Waals surface area contributed by atoms with Crippen LogP contribution < -0.4 is 5.43 Å². The molecule has 1 heterocycles. The Hall–Kier alpha value is -2.23. The SMILES string of the molecule is Cc1cc(F)c(-c2nn(C)c(C(F)(F)F)cc2=O)cc1S(C)(=O)=O. The molecule has 24 heavy (non-hydrogen) atoms. The third-order valence-electron chi connectivity index (χ3n) is 3.31. The van der Waals surface area contributed by atoms with Gasteiger partial charge in [-0.05, 0) is 24.6 Å². The minimum Gasteiger partial charge on any atom is -0.287 e. The summed E-state index contributed by atoms with van der Waals surface area (Å²) in [5.41, 5.74) is -3.43. The van der Waals surface area contributed by atoms with Gasteiger partial charge >= 0.3 is 6.18 Å². The molecule has 0 bridgehead atoms. The Bertz CT molecular complexity index is 979. The summed E-state index contributed by atoms with van der Waals surface area (Å²) in [6, 6.07) is 2.09. The summed E-state index contributed by atoms with van der Waals surface area (Å²) in [5.74, 6) is -0.954. The fourth-order valence-corrected chi connectivity index (χ4v) is 3.20. The molecular formula is C14H12F4N2O3S. The molecule has 0 unspecified atom stereocenters. The Morgan fingerprint density at radius 3 is 2.25 bits per heavy atom. The van der Waals surface area contributed by atoms with Gasteiger partial charge in [-0.15, -0.1) is 0 Å². The molecule has 0 atom stereocenters. The largest absolute Gasteiger partial charge is 0.433 e. The van der Waals surface area contributed by atoms with Gasteiger partial charge in [0.15, 0.2) is 9.84 Å². The number of halogens is 4. The van der Waals surface area contributed by atoms with Gasteiger partial charge in [0.25, 0.3) is 0 Å². The van der Waals surface area contributed by atoms with Crippen LogP contribution in [0.15, 0.2) is 27.9 Å². The second-order valence-electron chi connectivity index (χ2n) is 5.23. The molecular weight excluding hydrogens is 352 g/mol. The smallest absolute Gasteiger partial charge is 0.287 e. The highest BCUT2D eigenvalue weighted by Gasteiger charge is 2.34. The zero-order valence-corrected chi connectivity index (χ0v) is 13.6. The number of nitrogens with zero attached hydrogens (tertiary/aromatic N) is 2. The Morgan fingerprint density at radius 1 is 1.17 bits per heavy atom. The number of aromatic nitrogens is 2. The summed E-state index contributed by atoms with van der Waals surface area (Å²) in [7, 11) is -2.76. The molecule has 2 rings (SSSR count). The Labute approximate surface area is 134 Å². The molecule has 0 amide bonds. The fourth-order valence-electron chi connectivity index (χ4n) is 2.22. The molecule has 0 fully saturated rings. The molecule has 1 aromatic carbocycles. The topological polar surface area (TPSA) is 69.0 Å². The maximum atomic E-state index is 14.1. The van der Waals surface area contributed by atoms with Crippen molar-refractivity contribution in [1.29, 1.82) is 0 Å². The summed E-state index contributed by atoms with van der Waals surface area (Å²) < 4.78 is 76.3. The first-order valence-electron chi connectivity index (χ1n) is 6.48. The predicted molar refractivity (Wildman–Crippen MR) is 77.7 cm³/mol. The second-order valence-corrected chi connectivity index (χ2v) is 7.22. The van der Waals surface area contributed by atoms with Crippen LogP contribution in [0, 0.1) is 12.7 Å². The molecule has 0 spiro atoms. The van der Waals surface area contributed by atoms with Crippen molar-refractivity contribution in [1.82, 2.24) is 9.78 Å². The highest BCUT2D eigenvalue weighted by atomic mass is 32.2. The lowest BCUT2D eigenvalue weighted by molar-refractivity contribution is -0.144. The molecule has 0 saturated heterocycles. The number of aryl methyl sites for hydroxylation is 2. The molecule has 0 aliphatic rings. The number of alkyl halides is 3. The van der Waals surface area contributed by atoms with Crippen LogP contribution in [0.1, 0.15) is 11.3 Å². The molecule has 10 heteroatoms. The van der Waals surface area contributed by atoms with E-state index < -0.39 is 44.2 Å². The maximum Gasteiger partial charge on any atom is 0.433 e. The van der Waals surface area contributed by atoms with E-state index in [1.807, 2.05) is 0 Å². The molecule has 0 N–H and O–H groups in total. The summed E-state index contributed by atoms with van der Waals surface area (Å²) in [6.07, 6.45) is -3.90. The quantitative estimate of drug-likeness (QED) is 0.606. The summed E-state index contributed by atoms with van der Waals surface area (Å²) >= 11 is 0. The number of benzene rings is 1. The molecule has 5 nitrogen and oxygen atoms in total. The van der Waals surface area contributed by atoms with Gasteiger partial charge in [0.1, 0.15) is 17.2 Å². The fraction of sp³-hybridized carbons (Fsp3) is 0.286. The lowest BCUT2D eigenvalue weighted by Crippen LogP contribution is -2.23. The van der Waals surface area contributed by atoms with E-state index in [0.717, 1.165) is 25.4 Å². The van der Waals surface area contributed by atoms with Crippen LogP contribution in [-0.4, -0.2) is 24.5 Å². The predicted octanol–water partition coefficient (Wildman–Crippen LogP) is 2.32. The molecule has 0 aliphatic heterocycles. The van der Waals surface area contributed by atoms with Gasteiger partial charge in [-0.25, -0.2) is 12.8 Å². The molecule has 0 radical (unpaired) electrons. The van der Waals surface area contributed by atoms with E-state index in [0.29, 0.717) is 10.7 Å². The number of sulfone groups is 1. The highest BCUT2D eigenvalue weighted by Crippen LogP contribution is 2.29. The number of rotatable bonds is 2. The first-order valence-corrected chi connectivity index (χ1v) is 8.37. The summed E-state index contributed by atoms with van der Waals surface area (Å²) in [5, 5.41) is 3.47. The van der Waals surface area contributed by atoms with Crippen molar-refractivity contribution in [3.05, 3.63) is 45.5 Å². The van der Waals surface area contributed by atoms with E-state index in [1.165, 1.54) is 6.92 Å². The van der Waals surface area contributed by atoms with Crippen LogP contribution >= 0.6 is 0 Å². The van der Waals surface area contributed by atoms with Gasteiger partial charge in [-0.1, -0.05) is 0 Å². The summed E-state index contributed by atoms with van der Waals surface area (Å²) in [4.78, 5) is 11.7. The molecule has 130 valence electrons. The second kappa shape index (κ2) is 5.69. The van der Waals surface area contributed by atoms with E-state index in [9.17, 15) is 30.8 Å². The van der Waals surface area contributed by atoms with E-state index >= 15 is 0 Å². The van der Waals surface area contributed by atoms with Gasteiger partial charge in [-0.3, -0.25) is 9.48 Å². The minimum absolute atomic E-state index is 0.113. The standard InChI is InChI=1S/C14H12F4N2O3S/c1-7-4-9(15)8(5-11(7)24(3,22)23)13-10(21)6-12(14(16,17)18)20(2)19-13/h4-6H,1-3H3. The van der Waals surface area contributed by atoms with Crippen molar-refractivity contribution in [3.63, 3.8) is 0 Å². The van der Waals surface area contributed by atoms with E-state index in [1.54, 1.807) is 0 Å². The van der Waals surface area contributed by atoms with Crippen molar-refractivity contribution >= 4 is 9.84 Å². The van der Waals surface area contributed by atoms with Crippen molar-refractivity contribution < 1.29 is 26.0 Å². The number of hydrogen-bond acceptors (Lipinski definition) is 4.